The summed E-state index contributed by atoms with van der Waals surface area (Å²) in [4.78, 5) is 44.4. The molecule has 2 fully saturated rings. The van der Waals surface area contributed by atoms with Crippen LogP contribution in [-0.2, 0) is 33.9 Å². The van der Waals surface area contributed by atoms with Crippen molar-refractivity contribution in [2.45, 2.75) is 95.7 Å². The van der Waals surface area contributed by atoms with Crippen molar-refractivity contribution in [1.29, 1.82) is 0 Å². The van der Waals surface area contributed by atoms with E-state index in [-0.39, 0.29) is 25.4 Å². The first-order chi connectivity index (χ1) is 14.1. The van der Waals surface area contributed by atoms with E-state index in [1.807, 2.05) is 0 Å². The van der Waals surface area contributed by atoms with E-state index in [9.17, 15) is 9.59 Å². The number of hydrogen-bond donors (Lipinski definition) is 1. The number of rotatable bonds is 6. The highest BCUT2D eigenvalue weighted by Gasteiger charge is 2.37. The molecule has 29 heavy (non-hydrogen) atoms. The predicted molar refractivity (Wildman–Crippen MR) is 104 cm³/mol. The third-order valence-electron chi connectivity index (χ3n) is 5.48. The molecule has 0 aromatic heterocycles. The van der Waals surface area contributed by atoms with Crippen LogP contribution in [0.2, 0.25) is 0 Å². The third kappa shape index (κ3) is 10.4. The Hall–Kier alpha value is -1.22. The van der Waals surface area contributed by atoms with Crippen molar-refractivity contribution in [3.63, 3.8) is 0 Å². The summed E-state index contributed by atoms with van der Waals surface area (Å²) in [5.41, 5.74) is 0. The van der Waals surface area contributed by atoms with Crippen LogP contribution in [0.5, 0.6) is 0 Å². The largest absolute Gasteiger partial charge is 0.481 e. The molecule has 1 spiro atoms. The Kier molecular flexibility index (Phi) is 11.5. The monoisotopic (exact) mass is 416 g/mol. The fraction of sp³-hybridized carbons (Fsp3) is 0.905. The van der Waals surface area contributed by atoms with Crippen molar-refractivity contribution in [3.05, 3.63) is 0 Å². The Balaban J connectivity index is 1.71. The minimum absolute atomic E-state index is 0.0362. The average Bonchev–Trinajstić information content (AvgIpc) is 2.66. The second kappa shape index (κ2) is 13.9. The summed E-state index contributed by atoms with van der Waals surface area (Å²) in [6.07, 6.45) is 12.4. The van der Waals surface area contributed by atoms with Gasteiger partial charge < -0.3 is 9.84 Å². The molecule has 0 amide bonds. The van der Waals surface area contributed by atoms with Crippen LogP contribution in [0.15, 0.2) is 0 Å². The molecule has 2 aliphatic rings. The summed E-state index contributed by atoms with van der Waals surface area (Å²) in [5.74, 6) is -2.41. The van der Waals surface area contributed by atoms with E-state index in [4.69, 9.17) is 29.4 Å². The van der Waals surface area contributed by atoms with E-state index in [0.29, 0.717) is 19.6 Å². The van der Waals surface area contributed by atoms with Crippen LogP contribution in [0, 0.1) is 5.92 Å². The number of carboxylic acid groups (broad SMARTS) is 1. The molecule has 1 heterocycles. The molecular formula is C21H36O8. The van der Waals surface area contributed by atoms with Crippen LogP contribution in [0.1, 0.15) is 89.9 Å². The van der Waals surface area contributed by atoms with Crippen molar-refractivity contribution < 1.29 is 39.0 Å². The van der Waals surface area contributed by atoms with Gasteiger partial charge in [-0.05, 0) is 19.3 Å². The van der Waals surface area contributed by atoms with E-state index in [1.54, 1.807) is 0 Å². The summed E-state index contributed by atoms with van der Waals surface area (Å²) in [7, 11) is 0. The van der Waals surface area contributed by atoms with Crippen LogP contribution < -0.4 is 0 Å². The topological polar surface area (TPSA) is 101 Å². The maximum Gasteiger partial charge on any atom is 0.306 e. The molecule has 1 aliphatic carbocycles. The average molecular weight is 417 g/mol. The fourth-order valence-electron chi connectivity index (χ4n) is 3.64. The van der Waals surface area contributed by atoms with Gasteiger partial charge in [-0.1, -0.05) is 44.9 Å². The van der Waals surface area contributed by atoms with E-state index >= 15 is 0 Å². The molecule has 168 valence electrons. The molecule has 0 radical (unpaired) electrons. The molecule has 0 aromatic carbocycles. The van der Waals surface area contributed by atoms with Crippen LogP contribution in [-0.4, -0.2) is 42.7 Å². The van der Waals surface area contributed by atoms with Gasteiger partial charge in [0.25, 0.3) is 0 Å². The highest BCUT2D eigenvalue weighted by Crippen LogP contribution is 2.31. The van der Waals surface area contributed by atoms with E-state index in [2.05, 4.69) is 0 Å². The fourth-order valence-corrected chi connectivity index (χ4v) is 3.64. The molecule has 1 saturated heterocycles. The summed E-state index contributed by atoms with van der Waals surface area (Å²) in [6, 6.07) is 0. The lowest BCUT2D eigenvalue weighted by molar-refractivity contribution is -0.531. The lowest BCUT2D eigenvalue weighted by atomic mass is 9.97. The van der Waals surface area contributed by atoms with Crippen molar-refractivity contribution in [3.8, 4) is 0 Å². The van der Waals surface area contributed by atoms with Gasteiger partial charge in [0.15, 0.2) is 0 Å². The van der Waals surface area contributed by atoms with Crippen molar-refractivity contribution in [2.24, 2.45) is 5.92 Å². The van der Waals surface area contributed by atoms with Crippen molar-refractivity contribution >= 4 is 11.9 Å². The molecule has 0 aromatic rings. The van der Waals surface area contributed by atoms with Crippen LogP contribution in [0.4, 0.5) is 0 Å². The predicted octanol–water partition coefficient (Wildman–Crippen LogP) is 4.31. The minimum Gasteiger partial charge on any atom is -0.481 e. The van der Waals surface area contributed by atoms with Gasteiger partial charge in [-0.2, -0.15) is 9.78 Å². The Bertz CT molecular complexity index is 457. The van der Waals surface area contributed by atoms with Gasteiger partial charge in [-0.25, -0.2) is 9.78 Å². The number of carbonyl (C=O) groups excluding carboxylic acids is 1. The standard InChI is InChI=1S/C21H36O8/c22-19(23)10-11-20(24)25-15-12-18-16-26-28-21(29-27-17-18)13-8-6-4-2-1-3-5-7-9-14-21/h18H,1-17H2,(H,22,23). The maximum absolute atomic E-state index is 11.5. The first-order valence-electron chi connectivity index (χ1n) is 11.1. The van der Waals surface area contributed by atoms with Crippen LogP contribution in [0.3, 0.4) is 0 Å². The lowest BCUT2D eigenvalue weighted by Gasteiger charge is -2.34. The molecule has 0 unspecified atom stereocenters. The molecule has 0 bridgehead atoms. The first kappa shape index (κ1) is 24.1. The number of ether oxygens (including phenoxy) is 1. The SMILES string of the molecule is O=C(O)CCC(=O)OCCC1COOC2(CCCCCCCCCCC2)OOC1. The molecule has 2 rings (SSSR count). The number of esters is 1. The zero-order valence-electron chi connectivity index (χ0n) is 17.4. The Morgan fingerprint density at radius 3 is 1.86 bits per heavy atom. The number of aliphatic carboxylic acids is 1. The van der Waals surface area contributed by atoms with Gasteiger partial charge in [-0.15, -0.1) is 0 Å². The van der Waals surface area contributed by atoms with E-state index in [0.717, 1.165) is 38.5 Å². The van der Waals surface area contributed by atoms with E-state index < -0.39 is 17.7 Å². The summed E-state index contributed by atoms with van der Waals surface area (Å²) < 4.78 is 5.06. The quantitative estimate of drug-likeness (QED) is 0.505. The van der Waals surface area contributed by atoms with Gasteiger partial charge in [0.1, 0.15) is 0 Å². The van der Waals surface area contributed by atoms with Gasteiger partial charge in [0.2, 0.25) is 5.79 Å². The Morgan fingerprint density at radius 1 is 0.828 bits per heavy atom. The van der Waals surface area contributed by atoms with Gasteiger partial charge >= 0.3 is 11.9 Å². The molecule has 1 saturated carbocycles. The molecule has 0 atom stereocenters. The van der Waals surface area contributed by atoms with Crippen LogP contribution in [0.25, 0.3) is 0 Å². The highest BCUT2D eigenvalue weighted by molar-refractivity contribution is 5.76. The Labute approximate surface area is 173 Å². The number of carbonyl (C=O) groups is 2. The summed E-state index contributed by atoms with van der Waals surface area (Å²) in [6.45, 7) is 0.844. The minimum atomic E-state index is -1.02. The lowest BCUT2D eigenvalue weighted by Crippen LogP contribution is -2.40. The van der Waals surface area contributed by atoms with Crippen molar-refractivity contribution in [2.75, 3.05) is 19.8 Å². The number of hydrogen-bond acceptors (Lipinski definition) is 7. The molecule has 1 aliphatic heterocycles. The third-order valence-corrected chi connectivity index (χ3v) is 5.48. The van der Waals surface area contributed by atoms with Gasteiger partial charge in [0, 0.05) is 18.8 Å². The molecule has 8 heteroatoms. The van der Waals surface area contributed by atoms with Gasteiger partial charge in [0.05, 0.1) is 32.7 Å². The highest BCUT2D eigenvalue weighted by atomic mass is 17.3. The molecule has 1 N–H and O–H groups in total. The van der Waals surface area contributed by atoms with E-state index in [1.165, 1.54) is 32.1 Å². The molecular weight excluding hydrogens is 380 g/mol. The second-order valence-electron chi connectivity index (χ2n) is 8.10. The smallest absolute Gasteiger partial charge is 0.306 e. The maximum atomic E-state index is 11.5. The molecule has 8 nitrogen and oxygen atoms in total. The first-order valence-corrected chi connectivity index (χ1v) is 11.1. The zero-order chi connectivity index (χ0) is 20.8. The summed E-state index contributed by atoms with van der Waals surface area (Å²) >= 11 is 0. The summed E-state index contributed by atoms with van der Waals surface area (Å²) in [5, 5.41) is 8.57. The number of carboxylic acids is 1. The van der Waals surface area contributed by atoms with Gasteiger partial charge in [-0.3, -0.25) is 9.59 Å². The van der Waals surface area contributed by atoms with Crippen molar-refractivity contribution in [1.82, 2.24) is 0 Å². The zero-order valence-corrected chi connectivity index (χ0v) is 17.4. The van der Waals surface area contributed by atoms with Crippen LogP contribution >= 0.6 is 0 Å². The second-order valence-corrected chi connectivity index (χ2v) is 8.10. The normalized spacial score (nSPS) is 22.6. The Morgan fingerprint density at radius 2 is 1.34 bits per heavy atom.